The molecule has 200 valence electrons. The molecule has 9 aliphatic rings. The molecular formula is C30H46O4P2. The first-order chi connectivity index (χ1) is 17.8. The Morgan fingerprint density at radius 3 is 1.14 bits per heavy atom. The Morgan fingerprint density at radius 1 is 0.333 bits per heavy atom. The zero-order valence-corrected chi connectivity index (χ0v) is 23.7. The minimum atomic E-state index is -0.0221. The smallest absolute Gasteiger partial charge is 0.0671 e. The Hall–Kier alpha value is 0.700. The highest BCUT2D eigenvalue weighted by Crippen LogP contribution is 2.73. The predicted octanol–water partition coefficient (Wildman–Crippen LogP) is 6.54. The molecule has 0 spiro atoms. The molecule has 16 atom stereocenters. The summed E-state index contributed by atoms with van der Waals surface area (Å²) < 4.78 is 28.2. The summed E-state index contributed by atoms with van der Waals surface area (Å²) in [5.74, 6) is 0. The van der Waals surface area contributed by atoms with Crippen molar-refractivity contribution in [3.05, 3.63) is 0 Å². The quantitative estimate of drug-likeness (QED) is 0.332. The third kappa shape index (κ3) is 3.46. The van der Waals surface area contributed by atoms with Gasteiger partial charge in [0.1, 0.15) is 0 Å². The highest BCUT2D eigenvalue weighted by atomic mass is 31.1. The van der Waals surface area contributed by atoms with Crippen molar-refractivity contribution < 1.29 is 18.9 Å². The van der Waals surface area contributed by atoms with Crippen LogP contribution in [0, 0.1) is 0 Å². The molecule has 0 radical (unpaired) electrons. The van der Waals surface area contributed by atoms with Gasteiger partial charge in [0.05, 0.1) is 48.8 Å². The second-order valence-electron chi connectivity index (χ2n) is 13.9. The molecule has 5 aliphatic carbocycles. The van der Waals surface area contributed by atoms with Gasteiger partial charge in [-0.15, -0.1) is 0 Å². The summed E-state index contributed by atoms with van der Waals surface area (Å²) in [5, 5.41) is 0. The van der Waals surface area contributed by atoms with Crippen molar-refractivity contribution in [1.82, 2.24) is 0 Å². The van der Waals surface area contributed by atoms with Crippen LogP contribution in [0.5, 0.6) is 0 Å². The molecule has 4 nitrogen and oxygen atoms in total. The third-order valence-corrected chi connectivity index (χ3v) is 20.3. The lowest BCUT2D eigenvalue weighted by Gasteiger charge is -2.65. The van der Waals surface area contributed by atoms with Crippen LogP contribution in [-0.4, -0.2) is 82.8 Å². The number of hydrogen-bond acceptors (Lipinski definition) is 4. The zero-order valence-electron chi connectivity index (χ0n) is 21.9. The fraction of sp³-hybridized carbons (Fsp3) is 1.00. The van der Waals surface area contributed by atoms with Gasteiger partial charge in [0, 0.05) is 34.0 Å². The number of hydrogen-bond donors (Lipinski definition) is 0. The van der Waals surface area contributed by atoms with Crippen molar-refractivity contribution in [3.8, 4) is 0 Å². The average molecular weight is 533 g/mol. The Kier molecular flexibility index (Phi) is 5.92. The number of fused-ring (bicyclic) bond motifs is 8. The second kappa shape index (κ2) is 9.11. The van der Waals surface area contributed by atoms with Gasteiger partial charge < -0.3 is 18.9 Å². The first-order valence-corrected chi connectivity index (χ1v) is 19.1. The molecule has 9 rings (SSSR count). The monoisotopic (exact) mass is 532 g/mol. The highest BCUT2D eigenvalue weighted by molar-refractivity contribution is 7.61. The highest BCUT2D eigenvalue weighted by Gasteiger charge is 2.63. The van der Waals surface area contributed by atoms with E-state index < -0.39 is 0 Å². The predicted molar refractivity (Wildman–Crippen MR) is 145 cm³/mol. The summed E-state index contributed by atoms with van der Waals surface area (Å²) in [6.07, 6.45) is 25.9. The van der Waals surface area contributed by atoms with Crippen LogP contribution in [0.1, 0.15) is 103 Å². The van der Waals surface area contributed by atoms with Crippen molar-refractivity contribution in [2.45, 2.75) is 186 Å². The lowest BCUT2D eigenvalue weighted by molar-refractivity contribution is -0.146. The number of rotatable bonds is 0. The van der Waals surface area contributed by atoms with E-state index in [2.05, 4.69) is 0 Å². The Bertz CT molecular complexity index is 789. The summed E-state index contributed by atoms with van der Waals surface area (Å²) in [4.78, 5) is 0. The Morgan fingerprint density at radius 2 is 0.694 bits per heavy atom. The maximum atomic E-state index is 7.23. The van der Waals surface area contributed by atoms with E-state index in [0.29, 0.717) is 48.8 Å². The van der Waals surface area contributed by atoms with Gasteiger partial charge in [-0.2, -0.15) is 0 Å². The maximum Gasteiger partial charge on any atom is 0.0671 e. The Balaban J connectivity index is 1.07. The van der Waals surface area contributed by atoms with Crippen LogP contribution in [0.4, 0.5) is 0 Å². The molecule has 0 bridgehead atoms. The largest absolute Gasteiger partial charge is 0.374 e. The van der Waals surface area contributed by atoms with E-state index in [1.54, 1.807) is 0 Å². The van der Waals surface area contributed by atoms with Gasteiger partial charge in [-0.3, -0.25) is 0 Å². The minimum Gasteiger partial charge on any atom is -0.374 e. The molecule has 4 saturated heterocycles. The molecule has 4 aliphatic heterocycles. The summed E-state index contributed by atoms with van der Waals surface area (Å²) in [6.45, 7) is 0. The van der Waals surface area contributed by atoms with E-state index >= 15 is 0 Å². The van der Waals surface area contributed by atoms with Gasteiger partial charge in [0.15, 0.2) is 0 Å². The molecule has 5 saturated carbocycles. The molecule has 0 N–H and O–H groups in total. The maximum absolute atomic E-state index is 7.23. The molecule has 4 heterocycles. The lowest BCUT2D eigenvalue weighted by Crippen LogP contribution is -2.65. The minimum absolute atomic E-state index is 0.0221. The molecule has 0 amide bonds. The van der Waals surface area contributed by atoms with E-state index in [1.165, 1.54) is 103 Å². The van der Waals surface area contributed by atoms with Crippen molar-refractivity contribution >= 4 is 15.8 Å². The van der Waals surface area contributed by atoms with E-state index in [9.17, 15) is 0 Å². The van der Waals surface area contributed by atoms with Crippen LogP contribution in [0.15, 0.2) is 0 Å². The van der Waals surface area contributed by atoms with Gasteiger partial charge in [-0.25, -0.2) is 0 Å². The molecule has 0 aromatic heterocycles. The fourth-order valence-corrected chi connectivity index (χ4v) is 20.4. The molecule has 9 fully saturated rings. The SMILES string of the molecule is C1CCC2C(C1)OC1CCCC3OC4CC5C(CC4P2C13)OC1CCCC2OC3CCCCC3P5C21. The first kappa shape index (κ1) is 23.4. The fourth-order valence-electron chi connectivity index (χ4n) is 11.0. The van der Waals surface area contributed by atoms with Gasteiger partial charge in [0.25, 0.3) is 0 Å². The number of ether oxygens (including phenoxy) is 4. The molecule has 36 heavy (non-hydrogen) atoms. The van der Waals surface area contributed by atoms with Crippen molar-refractivity contribution in [2.75, 3.05) is 0 Å². The topological polar surface area (TPSA) is 36.9 Å². The molecular weight excluding hydrogens is 486 g/mol. The normalized spacial score (nSPS) is 61.3. The molecule has 16 unspecified atom stereocenters. The second-order valence-corrected chi connectivity index (χ2v) is 19.5. The van der Waals surface area contributed by atoms with Crippen molar-refractivity contribution in [1.29, 1.82) is 0 Å². The summed E-state index contributed by atoms with van der Waals surface area (Å²) in [6, 6.07) is 0. The lowest BCUT2D eigenvalue weighted by atomic mass is 9.87. The molecule has 6 heteroatoms. The van der Waals surface area contributed by atoms with E-state index in [-0.39, 0.29) is 15.8 Å². The van der Waals surface area contributed by atoms with Crippen LogP contribution >= 0.6 is 15.8 Å². The summed E-state index contributed by atoms with van der Waals surface area (Å²) in [5.41, 5.74) is 4.75. The molecule has 0 aromatic carbocycles. The van der Waals surface area contributed by atoms with E-state index in [0.717, 1.165) is 34.0 Å². The van der Waals surface area contributed by atoms with E-state index in [4.69, 9.17) is 18.9 Å². The van der Waals surface area contributed by atoms with Gasteiger partial charge in [-0.1, -0.05) is 41.5 Å². The van der Waals surface area contributed by atoms with Gasteiger partial charge in [-0.05, 0) is 77.0 Å². The average Bonchev–Trinajstić information content (AvgIpc) is 2.92. The van der Waals surface area contributed by atoms with Gasteiger partial charge in [0.2, 0.25) is 0 Å². The standard InChI is InChI=1S/C30H46O4P2/c1-3-13-25-17(7-1)31-19-9-5-11-21-29(19)35(25)27-15-24-28(16-23(27)33-21)36-26-14-4-2-8-18(26)32-20-10-6-12-22(34-24)30(20)36/h17-30H,1-16H2. The summed E-state index contributed by atoms with van der Waals surface area (Å²) in [7, 11) is -0.0443. The van der Waals surface area contributed by atoms with Crippen LogP contribution in [0.3, 0.4) is 0 Å². The zero-order chi connectivity index (χ0) is 23.4. The van der Waals surface area contributed by atoms with Gasteiger partial charge >= 0.3 is 0 Å². The van der Waals surface area contributed by atoms with Crippen LogP contribution in [0.2, 0.25) is 0 Å². The van der Waals surface area contributed by atoms with Crippen LogP contribution < -0.4 is 0 Å². The molecule has 0 aromatic rings. The summed E-state index contributed by atoms with van der Waals surface area (Å²) >= 11 is 0. The van der Waals surface area contributed by atoms with Crippen LogP contribution in [0.25, 0.3) is 0 Å². The Labute approximate surface area is 220 Å². The first-order valence-electron chi connectivity index (χ1n) is 16.0. The van der Waals surface area contributed by atoms with Crippen molar-refractivity contribution in [3.63, 3.8) is 0 Å². The van der Waals surface area contributed by atoms with Crippen molar-refractivity contribution in [2.24, 2.45) is 0 Å². The van der Waals surface area contributed by atoms with E-state index in [1.807, 2.05) is 0 Å². The third-order valence-electron chi connectivity index (χ3n) is 12.2. The van der Waals surface area contributed by atoms with Crippen LogP contribution in [-0.2, 0) is 18.9 Å².